The van der Waals surface area contributed by atoms with Gasteiger partial charge in [-0.05, 0) is 37.8 Å². The Hall–Kier alpha value is -2.31. The second-order valence-electron chi connectivity index (χ2n) is 6.95. The molecule has 3 amide bonds. The van der Waals surface area contributed by atoms with Crippen LogP contribution in [0.2, 0.25) is 0 Å². The van der Waals surface area contributed by atoms with Gasteiger partial charge in [0.25, 0.3) is 0 Å². The highest BCUT2D eigenvalue weighted by atomic mass is 16.2. The highest BCUT2D eigenvalue weighted by Crippen LogP contribution is 2.22. The molecule has 7 nitrogen and oxygen atoms in total. The molecule has 0 unspecified atom stereocenters. The Kier molecular flexibility index (Phi) is 5.40. The number of carbonyl (C=O) groups excluding carboxylic acids is 2. The van der Waals surface area contributed by atoms with Crippen molar-refractivity contribution in [2.75, 3.05) is 44.2 Å². The van der Waals surface area contributed by atoms with Crippen molar-refractivity contribution in [3.63, 3.8) is 0 Å². The minimum atomic E-state index is -0.423. The molecule has 2 aliphatic rings. The number of primary amides is 1. The third-order valence-electron chi connectivity index (χ3n) is 5.22. The number of nitrogens with zero attached hydrogens (tertiary/aromatic N) is 4. The summed E-state index contributed by atoms with van der Waals surface area (Å²) >= 11 is 0. The first-order valence-corrected chi connectivity index (χ1v) is 9.05. The second kappa shape index (κ2) is 7.72. The third kappa shape index (κ3) is 4.03. The summed E-state index contributed by atoms with van der Waals surface area (Å²) < 4.78 is 0. The maximum absolute atomic E-state index is 12.9. The van der Waals surface area contributed by atoms with Gasteiger partial charge in [0.05, 0.1) is 5.92 Å². The van der Waals surface area contributed by atoms with Gasteiger partial charge < -0.3 is 20.4 Å². The van der Waals surface area contributed by atoms with E-state index in [1.807, 2.05) is 23.4 Å². The number of anilines is 1. The molecule has 3 rings (SSSR count). The van der Waals surface area contributed by atoms with Gasteiger partial charge >= 0.3 is 6.03 Å². The van der Waals surface area contributed by atoms with Crippen LogP contribution in [-0.2, 0) is 4.79 Å². The standard InChI is InChI=1S/C18H27N5O2/c1-14-12-20-6-5-16(14)21-8-3-9-22(11-10-21)17(24)15-4-2-7-23(13-15)18(19)25/h5-6,12,15H,2-4,7-11,13H2,1H3,(H2,19,25)/t15-/m0/s1. The van der Waals surface area contributed by atoms with Crippen molar-refractivity contribution in [2.24, 2.45) is 11.7 Å². The number of rotatable bonds is 2. The molecule has 136 valence electrons. The first kappa shape index (κ1) is 17.5. The van der Waals surface area contributed by atoms with E-state index in [9.17, 15) is 9.59 Å². The normalized spacial score (nSPS) is 21.8. The van der Waals surface area contributed by atoms with Crippen molar-refractivity contribution in [1.29, 1.82) is 0 Å². The number of hydrogen-bond donors (Lipinski definition) is 1. The van der Waals surface area contributed by atoms with Crippen molar-refractivity contribution in [1.82, 2.24) is 14.8 Å². The number of nitrogens with two attached hydrogens (primary N) is 1. The van der Waals surface area contributed by atoms with Crippen molar-refractivity contribution < 1.29 is 9.59 Å². The molecule has 0 aliphatic carbocycles. The number of hydrogen-bond acceptors (Lipinski definition) is 4. The van der Waals surface area contributed by atoms with E-state index in [4.69, 9.17) is 5.73 Å². The van der Waals surface area contributed by atoms with Gasteiger partial charge in [-0.15, -0.1) is 0 Å². The number of likely N-dealkylation sites (tertiary alicyclic amines) is 1. The molecule has 2 aliphatic heterocycles. The van der Waals surface area contributed by atoms with Gasteiger partial charge in [0.15, 0.2) is 0 Å². The Morgan fingerprint density at radius 3 is 2.68 bits per heavy atom. The molecule has 0 saturated carbocycles. The fourth-order valence-corrected chi connectivity index (χ4v) is 3.84. The fourth-order valence-electron chi connectivity index (χ4n) is 3.84. The summed E-state index contributed by atoms with van der Waals surface area (Å²) in [6, 6.07) is 1.62. The SMILES string of the molecule is Cc1cnccc1N1CCCN(C(=O)[C@H]2CCCN(C(N)=O)C2)CC1. The second-order valence-corrected chi connectivity index (χ2v) is 6.95. The zero-order chi connectivity index (χ0) is 17.8. The Bertz CT molecular complexity index is 636. The zero-order valence-electron chi connectivity index (χ0n) is 14.9. The number of amides is 3. The molecule has 0 radical (unpaired) electrons. The van der Waals surface area contributed by atoms with Gasteiger partial charge in [-0.2, -0.15) is 0 Å². The molecule has 2 N–H and O–H groups in total. The van der Waals surface area contributed by atoms with Crippen LogP contribution in [0.5, 0.6) is 0 Å². The lowest BCUT2D eigenvalue weighted by molar-refractivity contribution is -0.136. The minimum Gasteiger partial charge on any atom is -0.369 e. The Balaban J connectivity index is 1.62. The minimum absolute atomic E-state index is 0.115. The predicted octanol–water partition coefficient (Wildman–Crippen LogP) is 1.22. The largest absolute Gasteiger partial charge is 0.369 e. The van der Waals surface area contributed by atoms with Gasteiger partial charge in [-0.3, -0.25) is 9.78 Å². The van der Waals surface area contributed by atoms with Gasteiger partial charge in [0.2, 0.25) is 5.91 Å². The monoisotopic (exact) mass is 345 g/mol. The molecule has 1 aromatic rings. The van der Waals surface area contributed by atoms with E-state index in [0.717, 1.165) is 44.5 Å². The summed E-state index contributed by atoms with van der Waals surface area (Å²) in [5.41, 5.74) is 7.74. The first-order valence-electron chi connectivity index (χ1n) is 9.05. The smallest absolute Gasteiger partial charge is 0.314 e. The quantitative estimate of drug-likeness (QED) is 0.874. The molecule has 0 aromatic carbocycles. The van der Waals surface area contributed by atoms with E-state index in [1.165, 1.54) is 5.69 Å². The molecule has 7 heteroatoms. The lowest BCUT2D eigenvalue weighted by Gasteiger charge is -2.34. The van der Waals surface area contributed by atoms with E-state index >= 15 is 0 Å². The number of aryl methyl sites for hydroxylation is 1. The van der Waals surface area contributed by atoms with Crippen molar-refractivity contribution in [2.45, 2.75) is 26.2 Å². The van der Waals surface area contributed by atoms with Crippen LogP contribution in [0, 0.1) is 12.8 Å². The molecule has 0 spiro atoms. The first-order chi connectivity index (χ1) is 12.1. The number of pyridine rings is 1. The average molecular weight is 345 g/mol. The Morgan fingerprint density at radius 2 is 1.92 bits per heavy atom. The van der Waals surface area contributed by atoms with Gasteiger partial charge in [0.1, 0.15) is 0 Å². The number of urea groups is 1. The zero-order valence-corrected chi connectivity index (χ0v) is 14.9. The summed E-state index contributed by atoms with van der Waals surface area (Å²) in [5, 5.41) is 0. The molecular formula is C18H27N5O2. The van der Waals surface area contributed by atoms with Gasteiger partial charge in [-0.25, -0.2) is 4.79 Å². The van der Waals surface area contributed by atoms with Crippen LogP contribution >= 0.6 is 0 Å². The summed E-state index contributed by atoms with van der Waals surface area (Å²) in [6.45, 7) is 6.43. The van der Waals surface area contributed by atoms with E-state index in [2.05, 4.69) is 16.8 Å². The van der Waals surface area contributed by atoms with Crippen LogP contribution in [0.4, 0.5) is 10.5 Å². The van der Waals surface area contributed by atoms with Crippen molar-refractivity contribution in [3.8, 4) is 0 Å². The third-order valence-corrected chi connectivity index (χ3v) is 5.22. The maximum atomic E-state index is 12.9. The molecule has 2 fully saturated rings. The lowest BCUT2D eigenvalue weighted by Crippen LogP contribution is -2.49. The number of piperidine rings is 1. The number of carbonyl (C=O) groups is 2. The molecule has 25 heavy (non-hydrogen) atoms. The van der Waals surface area contributed by atoms with Gasteiger partial charge in [0, 0.05) is 57.3 Å². The van der Waals surface area contributed by atoms with Crippen molar-refractivity contribution >= 4 is 17.6 Å². The van der Waals surface area contributed by atoms with E-state index in [-0.39, 0.29) is 11.8 Å². The lowest BCUT2D eigenvalue weighted by atomic mass is 9.96. The van der Waals surface area contributed by atoms with Crippen molar-refractivity contribution in [3.05, 3.63) is 24.0 Å². The predicted molar refractivity (Wildman–Crippen MR) is 96.3 cm³/mol. The highest BCUT2D eigenvalue weighted by Gasteiger charge is 2.31. The van der Waals surface area contributed by atoms with E-state index in [0.29, 0.717) is 19.6 Å². The Labute approximate surface area is 148 Å². The summed E-state index contributed by atoms with van der Waals surface area (Å²) in [6.07, 6.45) is 6.32. The fraction of sp³-hybridized carbons (Fsp3) is 0.611. The Morgan fingerprint density at radius 1 is 1.12 bits per heavy atom. The summed E-state index contributed by atoms with van der Waals surface area (Å²) in [5.74, 6) is 0.0507. The number of aromatic nitrogens is 1. The average Bonchev–Trinajstić information content (AvgIpc) is 2.87. The molecular weight excluding hydrogens is 318 g/mol. The van der Waals surface area contributed by atoms with Crippen LogP contribution in [0.1, 0.15) is 24.8 Å². The van der Waals surface area contributed by atoms with E-state index in [1.54, 1.807) is 4.90 Å². The molecule has 3 heterocycles. The summed E-state index contributed by atoms with van der Waals surface area (Å²) in [7, 11) is 0. The maximum Gasteiger partial charge on any atom is 0.314 e. The summed E-state index contributed by atoms with van der Waals surface area (Å²) in [4.78, 5) is 34.3. The molecule has 0 bridgehead atoms. The van der Waals surface area contributed by atoms with E-state index < -0.39 is 6.03 Å². The highest BCUT2D eigenvalue weighted by molar-refractivity contribution is 5.80. The van der Waals surface area contributed by atoms with Crippen LogP contribution in [-0.4, -0.2) is 66.0 Å². The van der Waals surface area contributed by atoms with Gasteiger partial charge in [-0.1, -0.05) is 0 Å². The van der Waals surface area contributed by atoms with Crippen LogP contribution < -0.4 is 10.6 Å². The van der Waals surface area contributed by atoms with Crippen LogP contribution in [0.15, 0.2) is 18.5 Å². The van der Waals surface area contributed by atoms with Crippen LogP contribution in [0.3, 0.4) is 0 Å². The molecule has 1 aromatic heterocycles. The molecule has 2 saturated heterocycles. The topological polar surface area (TPSA) is 82.8 Å². The molecule has 1 atom stereocenters. The van der Waals surface area contributed by atoms with Crippen LogP contribution in [0.25, 0.3) is 0 Å².